The van der Waals surface area contributed by atoms with Gasteiger partial charge in [0.15, 0.2) is 0 Å². The maximum atomic E-state index is 5.92. The normalized spacial score (nSPS) is 24.9. The van der Waals surface area contributed by atoms with Gasteiger partial charge in [0.1, 0.15) is 0 Å². The fourth-order valence-corrected chi connectivity index (χ4v) is 3.38. The van der Waals surface area contributed by atoms with Crippen molar-refractivity contribution in [2.45, 2.75) is 76.4 Å². The Morgan fingerprint density at radius 1 is 1.28 bits per heavy atom. The summed E-state index contributed by atoms with van der Waals surface area (Å²) in [7, 11) is 1.90. The lowest BCUT2D eigenvalue weighted by molar-refractivity contribution is -0.0903. The van der Waals surface area contributed by atoms with E-state index in [4.69, 9.17) is 4.74 Å². The molecule has 1 fully saturated rings. The molecule has 0 aromatic heterocycles. The molecule has 18 heavy (non-hydrogen) atoms. The minimum atomic E-state index is 0.103. The lowest BCUT2D eigenvalue weighted by Crippen LogP contribution is -2.57. The number of hydrogen-bond donors (Lipinski definition) is 1. The quantitative estimate of drug-likeness (QED) is 0.725. The van der Waals surface area contributed by atoms with Gasteiger partial charge in [0, 0.05) is 7.11 Å². The van der Waals surface area contributed by atoms with Crippen molar-refractivity contribution in [1.29, 1.82) is 0 Å². The Balaban J connectivity index is 2.10. The Hall–Kier alpha value is -0.340. The fraction of sp³-hybridized carbons (Fsp3) is 0.875. The maximum Gasteiger partial charge on any atom is 0.0869 e. The van der Waals surface area contributed by atoms with E-state index in [1.165, 1.54) is 57.8 Å². The van der Waals surface area contributed by atoms with Crippen LogP contribution in [0.3, 0.4) is 0 Å². The Morgan fingerprint density at radius 3 is 2.72 bits per heavy atom. The topological polar surface area (TPSA) is 21.3 Å². The molecule has 0 bridgehead atoms. The fourth-order valence-electron chi connectivity index (χ4n) is 3.38. The van der Waals surface area contributed by atoms with Gasteiger partial charge in [-0.15, -0.1) is 0 Å². The lowest BCUT2D eigenvalue weighted by Gasteiger charge is -2.48. The molecule has 2 rings (SSSR count). The van der Waals surface area contributed by atoms with E-state index in [9.17, 15) is 0 Å². The molecule has 0 spiro atoms. The van der Waals surface area contributed by atoms with Gasteiger partial charge in [0.25, 0.3) is 0 Å². The van der Waals surface area contributed by atoms with E-state index in [0.29, 0.717) is 6.04 Å². The van der Waals surface area contributed by atoms with Crippen molar-refractivity contribution in [1.82, 2.24) is 5.32 Å². The molecule has 2 heteroatoms. The van der Waals surface area contributed by atoms with Gasteiger partial charge in [0.2, 0.25) is 0 Å². The molecule has 0 radical (unpaired) electrons. The summed E-state index contributed by atoms with van der Waals surface area (Å²) in [5, 5.41) is 3.77. The molecular formula is C16H29NO. The van der Waals surface area contributed by atoms with Crippen molar-refractivity contribution >= 4 is 0 Å². The second kappa shape index (κ2) is 6.72. The van der Waals surface area contributed by atoms with Crippen molar-refractivity contribution in [2.75, 3.05) is 13.7 Å². The molecule has 1 saturated carbocycles. The predicted octanol–water partition coefficient (Wildman–Crippen LogP) is 3.81. The summed E-state index contributed by atoms with van der Waals surface area (Å²) in [6.07, 6.45) is 14.1. The summed E-state index contributed by atoms with van der Waals surface area (Å²) in [6, 6.07) is 0.467. The summed E-state index contributed by atoms with van der Waals surface area (Å²) in [4.78, 5) is 0. The van der Waals surface area contributed by atoms with Crippen molar-refractivity contribution in [2.24, 2.45) is 0 Å². The monoisotopic (exact) mass is 251 g/mol. The Labute approximate surface area is 112 Å². The number of methoxy groups -OCH3 is 1. The van der Waals surface area contributed by atoms with Crippen LogP contribution in [0.1, 0.15) is 64.7 Å². The third kappa shape index (κ3) is 2.97. The van der Waals surface area contributed by atoms with Crippen LogP contribution < -0.4 is 5.32 Å². The van der Waals surface area contributed by atoms with Gasteiger partial charge in [-0.05, 0) is 57.9 Å². The first kappa shape index (κ1) is 14.1. The van der Waals surface area contributed by atoms with Crippen LogP contribution >= 0.6 is 0 Å². The van der Waals surface area contributed by atoms with Crippen LogP contribution in [0.5, 0.6) is 0 Å². The Morgan fingerprint density at radius 2 is 2.11 bits per heavy atom. The molecule has 2 aliphatic carbocycles. The van der Waals surface area contributed by atoms with E-state index >= 15 is 0 Å². The molecule has 2 nitrogen and oxygen atoms in total. The summed E-state index contributed by atoms with van der Waals surface area (Å²) in [5.74, 6) is 0. The van der Waals surface area contributed by atoms with E-state index in [0.717, 1.165) is 6.54 Å². The van der Waals surface area contributed by atoms with E-state index in [2.05, 4.69) is 18.3 Å². The molecule has 0 aromatic rings. The SMILES string of the molecule is CCCNC(C1=CCCCCC1)C1(OC)CCC1. The largest absolute Gasteiger partial charge is 0.376 e. The zero-order valence-corrected chi connectivity index (χ0v) is 12.1. The summed E-state index contributed by atoms with van der Waals surface area (Å²) >= 11 is 0. The number of rotatable bonds is 6. The van der Waals surface area contributed by atoms with Gasteiger partial charge < -0.3 is 10.1 Å². The van der Waals surface area contributed by atoms with Gasteiger partial charge in [-0.25, -0.2) is 0 Å². The zero-order chi connectivity index (χ0) is 12.8. The van der Waals surface area contributed by atoms with Gasteiger partial charge in [-0.2, -0.15) is 0 Å². The van der Waals surface area contributed by atoms with E-state index in [-0.39, 0.29) is 5.60 Å². The van der Waals surface area contributed by atoms with Crippen molar-refractivity contribution in [3.63, 3.8) is 0 Å². The summed E-state index contributed by atoms with van der Waals surface area (Å²) < 4.78 is 5.92. The number of allylic oxidation sites excluding steroid dienone is 1. The minimum absolute atomic E-state index is 0.103. The van der Waals surface area contributed by atoms with Crippen LogP contribution in [0.15, 0.2) is 11.6 Å². The van der Waals surface area contributed by atoms with Gasteiger partial charge in [-0.3, -0.25) is 0 Å². The third-order valence-corrected chi connectivity index (χ3v) is 4.68. The van der Waals surface area contributed by atoms with Gasteiger partial charge in [-0.1, -0.05) is 25.0 Å². The predicted molar refractivity (Wildman–Crippen MR) is 76.8 cm³/mol. The van der Waals surface area contributed by atoms with Crippen LogP contribution in [0, 0.1) is 0 Å². The molecule has 0 saturated heterocycles. The van der Waals surface area contributed by atoms with E-state index < -0.39 is 0 Å². The van der Waals surface area contributed by atoms with Crippen LogP contribution in [0.2, 0.25) is 0 Å². The molecule has 1 N–H and O–H groups in total. The van der Waals surface area contributed by atoms with E-state index in [1.54, 1.807) is 5.57 Å². The smallest absolute Gasteiger partial charge is 0.0869 e. The number of ether oxygens (including phenoxy) is 1. The molecule has 0 amide bonds. The highest BCUT2D eigenvalue weighted by atomic mass is 16.5. The van der Waals surface area contributed by atoms with Crippen LogP contribution in [0.4, 0.5) is 0 Å². The third-order valence-electron chi connectivity index (χ3n) is 4.68. The van der Waals surface area contributed by atoms with Crippen LogP contribution in [-0.2, 0) is 4.74 Å². The highest BCUT2D eigenvalue weighted by Gasteiger charge is 2.45. The lowest BCUT2D eigenvalue weighted by atomic mass is 9.71. The standard InChI is InChI=1S/C16H29NO/c1-3-13-17-15(16(18-2)11-8-12-16)14-9-6-4-5-7-10-14/h9,15,17H,3-8,10-13H2,1-2H3. The van der Waals surface area contributed by atoms with Crippen molar-refractivity contribution in [3.05, 3.63) is 11.6 Å². The molecule has 2 aliphatic rings. The Bertz CT molecular complexity index is 275. The molecular weight excluding hydrogens is 222 g/mol. The molecule has 0 aromatic carbocycles. The molecule has 1 atom stereocenters. The molecule has 0 heterocycles. The van der Waals surface area contributed by atoms with Crippen molar-refractivity contribution in [3.8, 4) is 0 Å². The van der Waals surface area contributed by atoms with Gasteiger partial charge >= 0.3 is 0 Å². The second-order valence-electron chi connectivity index (χ2n) is 5.89. The average molecular weight is 251 g/mol. The Kier molecular flexibility index (Phi) is 5.25. The summed E-state index contributed by atoms with van der Waals surface area (Å²) in [5.41, 5.74) is 1.73. The average Bonchev–Trinajstić information content (AvgIpc) is 2.61. The van der Waals surface area contributed by atoms with Gasteiger partial charge in [0.05, 0.1) is 11.6 Å². The first-order valence-electron chi connectivity index (χ1n) is 7.80. The highest BCUT2D eigenvalue weighted by molar-refractivity contribution is 5.21. The molecule has 0 aliphatic heterocycles. The van der Waals surface area contributed by atoms with Crippen molar-refractivity contribution < 1.29 is 4.74 Å². The number of hydrogen-bond acceptors (Lipinski definition) is 2. The second-order valence-corrected chi connectivity index (χ2v) is 5.89. The molecule has 104 valence electrons. The maximum absolute atomic E-state index is 5.92. The summed E-state index contributed by atoms with van der Waals surface area (Å²) in [6.45, 7) is 3.35. The molecule has 1 unspecified atom stereocenters. The number of nitrogens with one attached hydrogen (secondary N) is 1. The minimum Gasteiger partial charge on any atom is -0.376 e. The van der Waals surface area contributed by atoms with Crippen LogP contribution in [-0.4, -0.2) is 25.3 Å². The zero-order valence-electron chi connectivity index (χ0n) is 12.1. The first-order valence-corrected chi connectivity index (χ1v) is 7.80. The highest BCUT2D eigenvalue weighted by Crippen LogP contribution is 2.41. The van der Waals surface area contributed by atoms with E-state index in [1.807, 2.05) is 7.11 Å². The van der Waals surface area contributed by atoms with Crippen LogP contribution in [0.25, 0.3) is 0 Å². The first-order chi connectivity index (χ1) is 8.82.